The topological polar surface area (TPSA) is 94.9 Å². The van der Waals surface area contributed by atoms with Gasteiger partial charge in [-0.3, -0.25) is 10.1 Å². The van der Waals surface area contributed by atoms with E-state index in [0.717, 1.165) is 8.04 Å². The summed E-state index contributed by atoms with van der Waals surface area (Å²) in [6.07, 6.45) is 1.30. The minimum absolute atomic E-state index is 0.0129. The number of ether oxygens (including phenoxy) is 1. The van der Waals surface area contributed by atoms with E-state index in [2.05, 4.69) is 43.5 Å². The number of furan rings is 1. The highest BCUT2D eigenvalue weighted by Crippen LogP contribution is 2.25. The van der Waals surface area contributed by atoms with E-state index >= 15 is 0 Å². The van der Waals surface area contributed by atoms with Gasteiger partial charge in [-0.25, -0.2) is 9.79 Å². The third-order valence-corrected chi connectivity index (χ3v) is 5.20. The van der Waals surface area contributed by atoms with Gasteiger partial charge in [-0.05, 0) is 62.8 Å². The second kappa shape index (κ2) is 6.24. The second-order valence-corrected chi connectivity index (χ2v) is 6.41. The lowest BCUT2D eigenvalue weighted by atomic mass is 10.2. The first-order valence-electron chi connectivity index (χ1n) is 6.16. The number of carbonyl (C=O) groups excluding carboxylic acids is 1. The number of nitro groups is 1. The Labute approximate surface area is 151 Å². The monoisotopic (exact) mass is 488 g/mol. The highest BCUT2D eigenvalue weighted by atomic mass is 127. The van der Waals surface area contributed by atoms with Crippen LogP contribution < -0.4 is 0 Å². The van der Waals surface area contributed by atoms with Crippen molar-refractivity contribution >= 4 is 62.3 Å². The Morgan fingerprint density at radius 2 is 2.09 bits per heavy atom. The first kappa shape index (κ1) is 15.9. The summed E-state index contributed by atoms with van der Waals surface area (Å²) in [7, 11) is 0. The Hall–Kier alpha value is -2.01. The summed E-state index contributed by atoms with van der Waals surface area (Å²) >= 11 is 5.56. The van der Waals surface area contributed by atoms with Crippen LogP contribution in [0.2, 0.25) is 0 Å². The predicted molar refractivity (Wildman–Crippen MR) is 92.8 cm³/mol. The van der Waals surface area contributed by atoms with Gasteiger partial charge in [0.05, 0.1) is 6.07 Å². The van der Waals surface area contributed by atoms with Gasteiger partial charge in [-0.2, -0.15) is 0 Å². The summed E-state index contributed by atoms with van der Waals surface area (Å²) in [6.45, 7) is 0. The van der Waals surface area contributed by atoms with Crippen LogP contribution in [-0.2, 0) is 9.53 Å². The number of benzene rings is 1. The Balaban J connectivity index is 1.92. The molecular formula is C14H6BrIN2O5. The van der Waals surface area contributed by atoms with Crippen molar-refractivity contribution in [3.05, 3.63) is 65.5 Å². The summed E-state index contributed by atoms with van der Waals surface area (Å²) in [5.74, 6) is -0.737. The average Bonchev–Trinajstić information content (AvgIpc) is 3.10. The fourth-order valence-corrected chi connectivity index (χ4v) is 2.53. The van der Waals surface area contributed by atoms with Gasteiger partial charge in [-0.15, -0.1) is 0 Å². The molecule has 0 aliphatic carbocycles. The maximum atomic E-state index is 11.9. The van der Waals surface area contributed by atoms with Gasteiger partial charge < -0.3 is 9.15 Å². The first-order valence-corrected chi connectivity index (χ1v) is 8.03. The first-order chi connectivity index (χ1) is 10.9. The minimum Gasteiger partial charge on any atom is -0.402 e. The highest BCUT2D eigenvalue weighted by Gasteiger charge is 2.25. The van der Waals surface area contributed by atoms with Crippen LogP contribution in [0.4, 0.5) is 5.88 Å². The number of nitrogens with zero attached hydrogens (tertiary/aromatic N) is 2. The van der Waals surface area contributed by atoms with Crippen molar-refractivity contribution < 1.29 is 18.9 Å². The van der Waals surface area contributed by atoms with Crippen LogP contribution in [0.25, 0.3) is 6.08 Å². The lowest BCUT2D eigenvalue weighted by Gasteiger charge is -2.01. The SMILES string of the molecule is O=C1OC(c2ccc(I)c(Br)c2)=N/C1=C\c1ccc([N+](=O)[O-])o1. The molecular weight excluding hydrogens is 483 g/mol. The van der Waals surface area contributed by atoms with Crippen molar-refractivity contribution in [2.24, 2.45) is 4.99 Å². The Morgan fingerprint density at radius 3 is 2.74 bits per heavy atom. The molecule has 0 amide bonds. The molecule has 0 unspecified atom stereocenters. The fourth-order valence-electron chi connectivity index (χ4n) is 1.81. The summed E-state index contributed by atoms with van der Waals surface area (Å²) in [4.78, 5) is 25.9. The molecule has 1 aromatic carbocycles. The molecule has 116 valence electrons. The number of aliphatic imine (C=N–C) groups is 1. The number of esters is 1. The van der Waals surface area contributed by atoms with Crippen LogP contribution in [0.3, 0.4) is 0 Å². The summed E-state index contributed by atoms with van der Waals surface area (Å²) in [6, 6.07) is 8.00. The molecule has 0 radical (unpaired) electrons. The molecule has 0 bridgehead atoms. The van der Waals surface area contributed by atoms with Crippen molar-refractivity contribution in [3.63, 3.8) is 0 Å². The summed E-state index contributed by atoms with van der Waals surface area (Å²) in [5.41, 5.74) is 0.651. The van der Waals surface area contributed by atoms with Gasteiger partial charge >= 0.3 is 11.9 Å². The van der Waals surface area contributed by atoms with Gasteiger partial charge in [0.25, 0.3) is 0 Å². The second-order valence-electron chi connectivity index (χ2n) is 4.40. The quantitative estimate of drug-likeness (QED) is 0.215. The van der Waals surface area contributed by atoms with Crippen LogP contribution in [0, 0.1) is 13.7 Å². The molecule has 9 heteroatoms. The van der Waals surface area contributed by atoms with Gasteiger partial charge in [0.1, 0.15) is 10.7 Å². The smallest absolute Gasteiger partial charge is 0.402 e. The molecule has 1 aromatic heterocycles. The predicted octanol–water partition coefficient (Wildman–Crippen LogP) is 3.90. The molecule has 0 spiro atoms. The van der Waals surface area contributed by atoms with Crippen molar-refractivity contribution in [2.75, 3.05) is 0 Å². The molecule has 0 saturated carbocycles. The van der Waals surface area contributed by atoms with Crippen LogP contribution in [0.1, 0.15) is 11.3 Å². The molecule has 1 aliphatic rings. The Kier molecular flexibility index (Phi) is 4.31. The molecule has 7 nitrogen and oxygen atoms in total. The van der Waals surface area contributed by atoms with E-state index in [9.17, 15) is 14.9 Å². The zero-order valence-electron chi connectivity index (χ0n) is 11.2. The number of rotatable bonds is 3. The van der Waals surface area contributed by atoms with E-state index in [1.54, 1.807) is 12.1 Å². The largest absolute Gasteiger partial charge is 0.433 e. The number of hydrogen-bond donors (Lipinski definition) is 0. The third-order valence-electron chi connectivity index (χ3n) is 2.86. The van der Waals surface area contributed by atoms with Gasteiger partial charge in [0.15, 0.2) is 5.70 Å². The van der Waals surface area contributed by atoms with Gasteiger partial charge in [0, 0.05) is 19.7 Å². The van der Waals surface area contributed by atoms with Crippen LogP contribution >= 0.6 is 38.5 Å². The molecule has 2 aromatic rings. The van der Waals surface area contributed by atoms with E-state index in [1.807, 2.05) is 6.07 Å². The molecule has 0 atom stereocenters. The van der Waals surface area contributed by atoms with E-state index in [1.165, 1.54) is 18.2 Å². The van der Waals surface area contributed by atoms with Crippen LogP contribution in [0.15, 0.2) is 49.9 Å². The zero-order valence-corrected chi connectivity index (χ0v) is 14.9. The fraction of sp³-hybridized carbons (Fsp3) is 0. The molecule has 3 rings (SSSR count). The highest BCUT2D eigenvalue weighted by molar-refractivity contribution is 14.1. The van der Waals surface area contributed by atoms with Crippen LogP contribution in [-0.4, -0.2) is 16.8 Å². The third kappa shape index (κ3) is 3.34. The van der Waals surface area contributed by atoms with E-state index in [4.69, 9.17) is 9.15 Å². The molecule has 0 fully saturated rings. The molecule has 2 heterocycles. The summed E-state index contributed by atoms with van der Waals surface area (Å²) in [5, 5.41) is 10.6. The normalized spacial score (nSPS) is 15.7. The van der Waals surface area contributed by atoms with Crippen molar-refractivity contribution in [1.82, 2.24) is 0 Å². The average molecular weight is 489 g/mol. The standard InChI is InChI=1S/C14H6BrIN2O5/c15-9-5-7(1-3-10(9)16)13-17-11(14(19)23-13)6-8-2-4-12(22-8)18(20)21/h1-6H/b11-6-. The number of carbonyl (C=O) groups is 1. The maximum absolute atomic E-state index is 11.9. The maximum Gasteiger partial charge on any atom is 0.433 e. The Morgan fingerprint density at radius 1 is 1.30 bits per heavy atom. The Bertz CT molecular complexity index is 887. The number of cyclic esters (lactones) is 1. The summed E-state index contributed by atoms with van der Waals surface area (Å²) < 4.78 is 12.0. The number of halogens is 2. The van der Waals surface area contributed by atoms with Crippen molar-refractivity contribution in [2.45, 2.75) is 0 Å². The molecule has 1 aliphatic heterocycles. The molecule has 0 N–H and O–H groups in total. The van der Waals surface area contributed by atoms with E-state index in [-0.39, 0.29) is 17.4 Å². The van der Waals surface area contributed by atoms with E-state index in [0.29, 0.717) is 5.56 Å². The van der Waals surface area contributed by atoms with Gasteiger partial charge in [-0.1, -0.05) is 0 Å². The van der Waals surface area contributed by atoms with Crippen molar-refractivity contribution in [1.29, 1.82) is 0 Å². The van der Waals surface area contributed by atoms with Gasteiger partial charge in [0.2, 0.25) is 5.90 Å². The zero-order chi connectivity index (χ0) is 16.6. The minimum atomic E-state index is -0.660. The van der Waals surface area contributed by atoms with E-state index < -0.39 is 16.8 Å². The lowest BCUT2D eigenvalue weighted by Crippen LogP contribution is -2.05. The molecule has 0 saturated heterocycles. The lowest BCUT2D eigenvalue weighted by molar-refractivity contribution is -0.402. The number of hydrogen-bond acceptors (Lipinski definition) is 6. The van der Waals surface area contributed by atoms with Crippen LogP contribution in [0.5, 0.6) is 0 Å². The van der Waals surface area contributed by atoms with Crippen molar-refractivity contribution in [3.8, 4) is 0 Å². The molecule has 23 heavy (non-hydrogen) atoms.